The Labute approximate surface area is 153 Å². The van der Waals surface area contributed by atoms with Crippen LogP contribution in [-0.2, 0) is 10.0 Å². The lowest BCUT2D eigenvalue weighted by Gasteiger charge is -2.09. The first-order valence-corrected chi connectivity index (χ1v) is 9.87. The van der Waals surface area contributed by atoms with Gasteiger partial charge in [0.25, 0.3) is 15.2 Å². The summed E-state index contributed by atoms with van der Waals surface area (Å²) in [6.45, 7) is 1.73. The number of nitrogens with one attached hydrogen (secondary N) is 1. The summed E-state index contributed by atoms with van der Waals surface area (Å²) in [6.07, 6.45) is 0. The molecule has 0 radical (unpaired) electrons. The van der Waals surface area contributed by atoms with Gasteiger partial charge in [-0.25, -0.2) is 13.4 Å². The van der Waals surface area contributed by atoms with Crippen LogP contribution in [0.5, 0.6) is 0 Å². The van der Waals surface area contributed by atoms with Crippen LogP contribution in [0.4, 0.5) is 5.69 Å². The lowest BCUT2D eigenvalue weighted by Crippen LogP contribution is -2.13. The highest BCUT2D eigenvalue weighted by molar-refractivity contribution is 7.99. The minimum Gasteiger partial charge on any atom is -0.431 e. The second kappa shape index (κ2) is 6.96. The van der Waals surface area contributed by atoms with E-state index in [1.165, 1.54) is 30.0 Å². The van der Waals surface area contributed by atoms with Gasteiger partial charge in [-0.15, -0.1) is 0 Å². The van der Waals surface area contributed by atoms with Crippen molar-refractivity contribution in [3.63, 3.8) is 0 Å². The molecule has 3 aromatic rings. The number of thioether (sulfide) groups is 1. The predicted octanol–water partition coefficient (Wildman–Crippen LogP) is 4.29. The van der Waals surface area contributed by atoms with Gasteiger partial charge in [-0.3, -0.25) is 4.72 Å². The molecule has 0 spiro atoms. The molecule has 0 aliphatic rings. The highest BCUT2D eigenvalue weighted by Gasteiger charge is 2.18. The Morgan fingerprint density at radius 3 is 2.80 bits per heavy atom. The van der Waals surface area contributed by atoms with Crippen LogP contribution in [0.15, 0.2) is 57.0 Å². The number of aromatic nitrogens is 1. The number of hydrogen-bond acceptors (Lipinski definition) is 6. The molecule has 3 rings (SSSR count). The fraction of sp³-hybridized carbons (Fsp3) is 0.125. The number of sulfonamides is 1. The summed E-state index contributed by atoms with van der Waals surface area (Å²) in [7, 11) is -3.82. The van der Waals surface area contributed by atoms with Crippen LogP contribution in [0, 0.1) is 11.3 Å². The first-order valence-electron chi connectivity index (χ1n) is 7.13. The second-order valence-corrected chi connectivity index (χ2v) is 8.47. The predicted molar refractivity (Wildman–Crippen MR) is 97.2 cm³/mol. The van der Waals surface area contributed by atoms with E-state index >= 15 is 0 Å². The molecule has 2 aromatic carbocycles. The number of benzene rings is 2. The van der Waals surface area contributed by atoms with Crippen LogP contribution in [0.2, 0.25) is 5.02 Å². The van der Waals surface area contributed by atoms with Gasteiger partial charge in [0.15, 0.2) is 5.58 Å². The Balaban J connectivity index is 1.92. The van der Waals surface area contributed by atoms with Crippen LogP contribution in [0.3, 0.4) is 0 Å². The van der Waals surface area contributed by atoms with Crippen molar-refractivity contribution in [2.75, 3.05) is 4.72 Å². The third-order valence-electron chi connectivity index (χ3n) is 3.23. The zero-order valence-electron chi connectivity index (χ0n) is 12.9. The largest absolute Gasteiger partial charge is 0.431 e. The summed E-state index contributed by atoms with van der Waals surface area (Å²) >= 11 is 7.16. The number of hydrogen-bond donors (Lipinski definition) is 1. The molecule has 1 N–H and O–H groups in total. The minimum absolute atomic E-state index is 0.0399. The van der Waals surface area contributed by atoms with Crippen molar-refractivity contribution in [3.05, 3.63) is 47.5 Å². The number of fused-ring (bicyclic) bond motifs is 1. The van der Waals surface area contributed by atoms with E-state index in [0.29, 0.717) is 27.0 Å². The van der Waals surface area contributed by atoms with Crippen LogP contribution >= 0.6 is 23.4 Å². The van der Waals surface area contributed by atoms with E-state index in [1.54, 1.807) is 31.2 Å². The van der Waals surface area contributed by atoms with Crippen molar-refractivity contribution in [2.45, 2.75) is 22.3 Å². The summed E-state index contributed by atoms with van der Waals surface area (Å²) in [5.74, 6) is 0. The van der Waals surface area contributed by atoms with E-state index in [4.69, 9.17) is 21.3 Å². The third-order valence-corrected chi connectivity index (χ3v) is 5.76. The molecular formula is C16H12ClN3O3S2. The minimum atomic E-state index is -3.82. The van der Waals surface area contributed by atoms with E-state index in [0.717, 1.165) is 0 Å². The first kappa shape index (κ1) is 17.6. The van der Waals surface area contributed by atoms with Crippen LogP contribution < -0.4 is 4.72 Å². The third kappa shape index (κ3) is 3.90. The molecule has 0 bridgehead atoms. The highest BCUT2D eigenvalue weighted by atomic mass is 35.5. The fourth-order valence-electron chi connectivity index (χ4n) is 2.03. The van der Waals surface area contributed by atoms with Gasteiger partial charge in [-0.2, -0.15) is 5.26 Å². The van der Waals surface area contributed by atoms with Gasteiger partial charge >= 0.3 is 0 Å². The molecule has 0 fully saturated rings. The van der Waals surface area contributed by atoms with Gasteiger partial charge in [0.1, 0.15) is 5.52 Å². The molecule has 0 aliphatic heterocycles. The molecule has 6 nitrogen and oxygen atoms in total. The van der Waals surface area contributed by atoms with Crippen molar-refractivity contribution in [1.82, 2.24) is 4.98 Å². The van der Waals surface area contributed by atoms with E-state index in [-0.39, 0.29) is 10.1 Å². The second-order valence-electron chi connectivity index (χ2n) is 5.08. The molecule has 1 atom stereocenters. The molecule has 0 amide bonds. The van der Waals surface area contributed by atoms with Crippen LogP contribution in [0.1, 0.15) is 6.92 Å². The smallest absolute Gasteiger partial charge is 0.262 e. The molecule has 0 saturated carbocycles. The van der Waals surface area contributed by atoms with Crippen molar-refractivity contribution in [3.8, 4) is 6.07 Å². The number of nitrogens with zero attached hydrogens (tertiary/aromatic N) is 2. The first-order chi connectivity index (χ1) is 11.9. The molecule has 25 heavy (non-hydrogen) atoms. The molecular weight excluding hydrogens is 382 g/mol. The van der Waals surface area contributed by atoms with Gasteiger partial charge < -0.3 is 4.42 Å². The number of rotatable bonds is 5. The van der Waals surface area contributed by atoms with Crippen LogP contribution in [-0.4, -0.2) is 18.7 Å². The highest BCUT2D eigenvalue weighted by Crippen LogP contribution is 2.29. The molecule has 0 saturated heterocycles. The van der Waals surface area contributed by atoms with Gasteiger partial charge in [-0.1, -0.05) is 23.7 Å². The van der Waals surface area contributed by atoms with E-state index in [9.17, 15) is 8.42 Å². The Morgan fingerprint density at radius 2 is 2.08 bits per heavy atom. The van der Waals surface area contributed by atoms with Gasteiger partial charge in [-0.05, 0) is 49.0 Å². The molecule has 1 aromatic heterocycles. The fourth-order valence-corrected chi connectivity index (χ4v) is 4.01. The summed E-state index contributed by atoms with van der Waals surface area (Å²) in [5.41, 5.74) is 1.14. The van der Waals surface area contributed by atoms with Gasteiger partial charge in [0.05, 0.1) is 26.9 Å². The Morgan fingerprint density at radius 1 is 1.32 bits per heavy atom. The van der Waals surface area contributed by atoms with Crippen molar-refractivity contribution in [2.24, 2.45) is 0 Å². The average molecular weight is 394 g/mol. The standard InChI is InChI=1S/C16H12ClN3O3S2/c1-10(9-18)24-16-19-14-8-11(6-7-15(14)23-16)25(21,22)20-13-5-3-2-4-12(13)17/h2-8,10,20H,1H3/t10-/m1/s1. The number of nitriles is 1. The zero-order valence-corrected chi connectivity index (χ0v) is 15.3. The summed E-state index contributed by atoms with van der Waals surface area (Å²) in [5, 5.41) is 9.15. The normalized spacial score (nSPS) is 12.7. The number of para-hydroxylation sites is 1. The quantitative estimate of drug-likeness (QED) is 0.649. The average Bonchev–Trinajstić information content (AvgIpc) is 2.98. The molecule has 0 unspecified atom stereocenters. The lowest BCUT2D eigenvalue weighted by molar-refractivity contribution is 0.489. The summed E-state index contributed by atoms with van der Waals surface area (Å²) in [6, 6.07) is 13.0. The molecule has 1 heterocycles. The van der Waals surface area contributed by atoms with Crippen LogP contribution in [0.25, 0.3) is 11.1 Å². The molecule has 0 aliphatic carbocycles. The van der Waals surface area contributed by atoms with Gasteiger partial charge in [0.2, 0.25) is 0 Å². The SMILES string of the molecule is C[C@H](C#N)Sc1nc2cc(S(=O)(=O)Nc3ccccc3Cl)ccc2o1. The maximum Gasteiger partial charge on any atom is 0.262 e. The summed E-state index contributed by atoms with van der Waals surface area (Å²) < 4.78 is 33.1. The Hall–Kier alpha value is -2.21. The zero-order chi connectivity index (χ0) is 18.0. The topological polar surface area (TPSA) is 96.0 Å². The van der Waals surface area contributed by atoms with E-state index in [2.05, 4.69) is 15.8 Å². The number of halogens is 1. The Bertz CT molecular complexity index is 1070. The maximum absolute atomic E-state index is 12.6. The lowest BCUT2D eigenvalue weighted by atomic mass is 10.3. The number of anilines is 1. The summed E-state index contributed by atoms with van der Waals surface area (Å²) in [4.78, 5) is 4.27. The van der Waals surface area contributed by atoms with Crippen molar-refractivity contribution in [1.29, 1.82) is 5.26 Å². The molecule has 9 heteroatoms. The van der Waals surface area contributed by atoms with Crippen molar-refractivity contribution < 1.29 is 12.8 Å². The van der Waals surface area contributed by atoms with Crippen molar-refractivity contribution >= 4 is 50.2 Å². The van der Waals surface area contributed by atoms with E-state index in [1.807, 2.05) is 0 Å². The monoisotopic (exact) mass is 393 g/mol. The Kier molecular flexibility index (Phi) is 4.90. The van der Waals surface area contributed by atoms with Gasteiger partial charge in [0, 0.05) is 0 Å². The maximum atomic E-state index is 12.6. The number of oxazole rings is 1. The molecule has 128 valence electrons. The van der Waals surface area contributed by atoms with E-state index < -0.39 is 10.0 Å².